The summed E-state index contributed by atoms with van der Waals surface area (Å²) in [6, 6.07) is 31.4. The highest BCUT2D eigenvalue weighted by atomic mass is 16.7. The van der Waals surface area contributed by atoms with E-state index in [4.69, 9.17) is 14.2 Å². The van der Waals surface area contributed by atoms with Gasteiger partial charge in [-0.2, -0.15) is 0 Å². The monoisotopic (exact) mass is 646 g/mol. The number of rotatable bonds is 10. The number of nitrogens with zero attached hydrogens (tertiary/aromatic N) is 2. The summed E-state index contributed by atoms with van der Waals surface area (Å²) in [6.07, 6.45) is 1.45. The Hall–Kier alpha value is -4.18. The molecule has 2 amide bonds. The van der Waals surface area contributed by atoms with Crippen molar-refractivity contribution in [2.75, 3.05) is 26.8 Å². The summed E-state index contributed by atoms with van der Waals surface area (Å²) in [7, 11) is 1.76. The van der Waals surface area contributed by atoms with Crippen molar-refractivity contribution < 1.29 is 28.9 Å². The van der Waals surface area contributed by atoms with Crippen LogP contribution in [0, 0.1) is 5.92 Å². The summed E-state index contributed by atoms with van der Waals surface area (Å²) in [4.78, 5) is 30.0. The summed E-state index contributed by atoms with van der Waals surface area (Å²) in [5, 5.41) is 9.61. The Bertz CT molecular complexity index is 1720. The number of fused-ring (bicyclic) bond motifs is 1. The third kappa shape index (κ3) is 6.34. The molecule has 5 atom stereocenters. The van der Waals surface area contributed by atoms with E-state index < -0.39 is 6.29 Å². The highest BCUT2D eigenvalue weighted by Gasteiger charge is 2.41. The molecule has 0 spiro atoms. The van der Waals surface area contributed by atoms with Gasteiger partial charge in [0.05, 0.1) is 43.1 Å². The van der Waals surface area contributed by atoms with Gasteiger partial charge in [-0.1, -0.05) is 91.9 Å². The lowest BCUT2D eigenvalue weighted by Gasteiger charge is -2.43. The molecule has 2 fully saturated rings. The second-order valence-electron chi connectivity index (χ2n) is 13.1. The van der Waals surface area contributed by atoms with Crippen LogP contribution in [0.25, 0.3) is 11.1 Å². The average molecular weight is 647 g/mol. The van der Waals surface area contributed by atoms with Gasteiger partial charge in [0.15, 0.2) is 6.29 Å². The summed E-state index contributed by atoms with van der Waals surface area (Å²) < 4.78 is 19.0. The van der Waals surface area contributed by atoms with E-state index in [1.165, 1.54) is 4.90 Å². The molecule has 0 radical (unpaired) electrons. The quantitative estimate of drug-likeness (QED) is 0.196. The van der Waals surface area contributed by atoms with Crippen LogP contribution in [-0.2, 0) is 27.4 Å². The zero-order chi connectivity index (χ0) is 33.2. The van der Waals surface area contributed by atoms with Crippen LogP contribution in [0.15, 0.2) is 97.1 Å². The topological polar surface area (TPSA) is 88.5 Å². The van der Waals surface area contributed by atoms with E-state index in [9.17, 15) is 14.7 Å². The minimum absolute atomic E-state index is 0.000654. The molecule has 3 heterocycles. The molecule has 4 aromatic rings. The summed E-state index contributed by atoms with van der Waals surface area (Å²) in [6.45, 7) is 4.92. The molecule has 0 aliphatic carbocycles. The molecule has 0 saturated carbocycles. The molecule has 248 valence electrons. The molecule has 1 N–H and O–H groups in total. The number of aliphatic hydroxyl groups excluding tert-OH is 1. The van der Waals surface area contributed by atoms with E-state index >= 15 is 0 Å². The van der Waals surface area contributed by atoms with Gasteiger partial charge >= 0.3 is 0 Å². The normalized spacial score (nSPS) is 24.3. The lowest BCUT2D eigenvalue weighted by molar-refractivity contribution is -0.276. The van der Waals surface area contributed by atoms with Crippen LogP contribution >= 0.6 is 0 Å². The van der Waals surface area contributed by atoms with Crippen molar-refractivity contribution in [3.63, 3.8) is 0 Å². The van der Waals surface area contributed by atoms with Crippen molar-refractivity contribution in [2.24, 2.45) is 5.92 Å². The zero-order valence-electron chi connectivity index (χ0n) is 27.5. The molecule has 4 aromatic carbocycles. The van der Waals surface area contributed by atoms with Gasteiger partial charge in [0, 0.05) is 31.2 Å². The van der Waals surface area contributed by atoms with Crippen LogP contribution in [0.5, 0.6) is 0 Å². The first-order valence-electron chi connectivity index (χ1n) is 16.8. The Kier molecular flexibility index (Phi) is 9.52. The van der Waals surface area contributed by atoms with Crippen LogP contribution in [-0.4, -0.2) is 65.7 Å². The Morgan fingerprint density at radius 3 is 2.12 bits per heavy atom. The molecule has 8 heteroatoms. The lowest BCUT2D eigenvalue weighted by Crippen LogP contribution is -2.46. The molecule has 0 bridgehead atoms. The first-order valence-corrected chi connectivity index (χ1v) is 16.8. The van der Waals surface area contributed by atoms with Crippen molar-refractivity contribution in [1.82, 2.24) is 9.80 Å². The van der Waals surface area contributed by atoms with Crippen molar-refractivity contribution >= 4 is 11.8 Å². The van der Waals surface area contributed by atoms with E-state index in [0.717, 1.165) is 59.3 Å². The SMILES string of the molecule is COC[C@@H]1CCCN1C[C@H]1O[C@@H](c2ccc(-c3ccccc3CN3C(=O)c4ccccc4C3=O)cc2)O[C@@H](c2ccc(CO)cc2)[C@H]1C. The number of methoxy groups -OCH3 is 1. The summed E-state index contributed by atoms with van der Waals surface area (Å²) in [5.74, 6) is -0.434. The predicted molar refractivity (Wildman–Crippen MR) is 182 cm³/mol. The maximum atomic E-state index is 13.1. The van der Waals surface area contributed by atoms with E-state index in [-0.39, 0.29) is 43.1 Å². The number of aliphatic hydroxyl groups is 1. The second-order valence-corrected chi connectivity index (χ2v) is 13.1. The number of imide groups is 1. The van der Waals surface area contributed by atoms with E-state index in [1.54, 1.807) is 31.4 Å². The zero-order valence-corrected chi connectivity index (χ0v) is 27.5. The van der Waals surface area contributed by atoms with Crippen LogP contribution in [0.3, 0.4) is 0 Å². The van der Waals surface area contributed by atoms with Gasteiger partial charge in [-0.3, -0.25) is 19.4 Å². The smallest absolute Gasteiger partial charge is 0.261 e. The van der Waals surface area contributed by atoms with E-state index in [1.807, 2.05) is 60.7 Å². The van der Waals surface area contributed by atoms with Crippen molar-refractivity contribution in [3.05, 3.63) is 130 Å². The maximum absolute atomic E-state index is 13.1. The first kappa shape index (κ1) is 32.4. The van der Waals surface area contributed by atoms with Crippen LogP contribution < -0.4 is 0 Å². The first-order chi connectivity index (χ1) is 23.4. The Morgan fingerprint density at radius 1 is 0.812 bits per heavy atom. The fourth-order valence-corrected chi connectivity index (χ4v) is 7.39. The fourth-order valence-electron chi connectivity index (χ4n) is 7.39. The molecule has 7 rings (SSSR count). The van der Waals surface area contributed by atoms with Crippen molar-refractivity contribution in [1.29, 1.82) is 0 Å². The Morgan fingerprint density at radius 2 is 1.46 bits per heavy atom. The largest absolute Gasteiger partial charge is 0.392 e. The molecule has 3 aliphatic heterocycles. The van der Waals surface area contributed by atoms with Crippen LogP contribution in [0.2, 0.25) is 0 Å². The van der Waals surface area contributed by atoms with Gasteiger partial charge in [0.25, 0.3) is 11.8 Å². The third-order valence-electron chi connectivity index (χ3n) is 10.1. The third-order valence-corrected chi connectivity index (χ3v) is 10.1. The van der Waals surface area contributed by atoms with Crippen LogP contribution in [0.4, 0.5) is 0 Å². The van der Waals surface area contributed by atoms with Crippen molar-refractivity contribution in [2.45, 2.75) is 57.5 Å². The number of hydrogen-bond acceptors (Lipinski definition) is 7. The van der Waals surface area contributed by atoms with Gasteiger partial charge in [0.2, 0.25) is 0 Å². The van der Waals surface area contributed by atoms with E-state index in [2.05, 4.69) is 24.0 Å². The molecule has 48 heavy (non-hydrogen) atoms. The predicted octanol–water partition coefficient (Wildman–Crippen LogP) is 6.54. The average Bonchev–Trinajstić information content (AvgIpc) is 3.66. The molecule has 0 unspecified atom stereocenters. The Balaban J connectivity index is 1.13. The minimum atomic E-state index is -0.570. The van der Waals surface area contributed by atoms with Gasteiger partial charge < -0.3 is 19.3 Å². The van der Waals surface area contributed by atoms with Gasteiger partial charge in [-0.15, -0.1) is 0 Å². The molecular weight excluding hydrogens is 604 g/mol. The number of carbonyl (C=O) groups excluding carboxylic acids is 2. The number of ether oxygens (including phenoxy) is 3. The molecule has 8 nitrogen and oxygen atoms in total. The number of benzene rings is 4. The molecular formula is C40H42N2O6. The van der Waals surface area contributed by atoms with E-state index in [0.29, 0.717) is 23.8 Å². The number of carbonyl (C=O) groups is 2. The van der Waals surface area contributed by atoms with Gasteiger partial charge in [-0.25, -0.2) is 0 Å². The number of amides is 2. The lowest BCUT2D eigenvalue weighted by atomic mass is 9.89. The highest BCUT2D eigenvalue weighted by Crippen LogP contribution is 2.43. The molecule has 0 aromatic heterocycles. The summed E-state index contributed by atoms with van der Waals surface area (Å²) >= 11 is 0. The van der Waals surface area contributed by atoms with Crippen LogP contribution in [0.1, 0.15) is 75.1 Å². The van der Waals surface area contributed by atoms with Gasteiger partial charge in [-0.05, 0) is 59.3 Å². The van der Waals surface area contributed by atoms with Crippen molar-refractivity contribution in [3.8, 4) is 11.1 Å². The second kappa shape index (κ2) is 14.1. The minimum Gasteiger partial charge on any atom is -0.392 e. The molecule has 3 aliphatic rings. The standard InChI is InChI=1S/C40H42N2O6/c1-26-36(23-41-21-7-9-32(41)25-46-2)47-40(48-37(26)29-15-13-27(24-43)14-16-29)30-19-17-28(18-20-30)33-10-4-3-8-31(33)22-42-38(44)34-11-5-6-12-35(34)39(42)45/h3-6,8,10-20,26,32,36-37,40,43H,7,9,21-25H2,1-2H3/t26-,32-,36+,37+,40+/m0/s1. The Labute approximate surface area is 281 Å². The summed E-state index contributed by atoms with van der Waals surface area (Å²) in [5.41, 5.74) is 6.57. The maximum Gasteiger partial charge on any atom is 0.261 e. The molecule has 2 saturated heterocycles. The fraction of sp³-hybridized carbons (Fsp3) is 0.350. The number of hydrogen-bond donors (Lipinski definition) is 1. The van der Waals surface area contributed by atoms with Gasteiger partial charge in [0.1, 0.15) is 0 Å². The number of likely N-dealkylation sites (tertiary alicyclic amines) is 1. The highest BCUT2D eigenvalue weighted by molar-refractivity contribution is 6.21.